The van der Waals surface area contributed by atoms with Crippen LogP contribution >= 0.6 is 27.5 Å². The predicted molar refractivity (Wildman–Crippen MR) is 72.4 cm³/mol. The molecule has 2 aromatic heterocycles. The molecule has 0 aromatic carbocycles. The Kier molecular flexibility index (Phi) is 4.06. The summed E-state index contributed by atoms with van der Waals surface area (Å²) in [7, 11) is 0. The van der Waals surface area contributed by atoms with Gasteiger partial charge in [-0.15, -0.1) is 0 Å². The van der Waals surface area contributed by atoms with Gasteiger partial charge in [-0.2, -0.15) is 5.10 Å². The molecule has 0 unspecified atom stereocenters. The Balaban J connectivity index is 2.06. The van der Waals surface area contributed by atoms with Gasteiger partial charge in [0.2, 0.25) is 0 Å². The van der Waals surface area contributed by atoms with Crippen LogP contribution in [-0.4, -0.2) is 16.2 Å². The van der Waals surface area contributed by atoms with Gasteiger partial charge in [0, 0.05) is 6.20 Å². The number of aromatic nitrogens is 2. The molecular weight excluding hydrogens is 304 g/mol. The van der Waals surface area contributed by atoms with Gasteiger partial charge in [0.15, 0.2) is 5.82 Å². The average Bonchev–Trinajstić information content (AvgIpc) is 2.32. The van der Waals surface area contributed by atoms with E-state index in [1.165, 1.54) is 0 Å². The molecule has 0 spiro atoms. The van der Waals surface area contributed by atoms with Gasteiger partial charge in [0.1, 0.15) is 4.60 Å². The molecule has 2 aromatic rings. The maximum atomic E-state index is 5.91. The fraction of sp³-hybridized carbons (Fsp3) is 0. The number of hydrogen-bond acceptors (Lipinski definition) is 4. The van der Waals surface area contributed by atoms with Crippen LogP contribution in [0.25, 0.3) is 0 Å². The summed E-state index contributed by atoms with van der Waals surface area (Å²) in [6.07, 6.45) is 3.23. The quantitative estimate of drug-likeness (QED) is 0.537. The lowest BCUT2D eigenvalue weighted by Crippen LogP contribution is -1.95. The van der Waals surface area contributed by atoms with Crippen molar-refractivity contribution < 1.29 is 0 Å². The highest BCUT2D eigenvalue weighted by atomic mass is 79.9. The Morgan fingerprint density at radius 2 is 2.18 bits per heavy atom. The van der Waals surface area contributed by atoms with Crippen LogP contribution in [-0.2, 0) is 0 Å². The number of rotatable bonds is 3. The third-order valence-electron chi connectivity index (χ3n) is 1.86. The van der Waals surface area contributed by atoms with Gasteiger partial charge in [0.05, 0.1) is 16.9 Å². The molecule has 17 heavy (non-hydrogen) atoms. The smallest absolute Gasteiger partial charge is 0.165 e. The van der Waals surface area contributed by atoms with Crippen molar-refractivity contribution in [2.75, 3.05) is 5.43 Å². The maximum absolute atomic E-state index is 5.91. The number of pyridine rings is 2. The lowest BCUT2D eigenvalue weighted by atomic mass is 10.4. The minimum absolute atomic E-state index is 0.514. The Labute approximate surface area is 112 Å². The summed E-state index contributed by atoms with van der Waals surface area (Å²) < 4.78 is 0.761. The van der Waals surface area contributed by atoms with E-state index in [1.54, 1.807) is 24.5 Å². The molecule has 0 saturated carbocycles. The molecular formula is C11H8BrClN4. The van der Waals surface area contributed by atoms with Crippen LogP contribution in [0.4, 0.5) is 5.82 Å². The fourth-order valence-corrected chi connectivity index (χ4v) is 1.64. The normalized spacial score (nSPS) is 10.7. The highest BCUT2D eigenvalue weighted by molar-refractivity contribution is 9.10. The van der Waals surface area contributed by atoms with E-state index in [9.17, 15) is 0 Å². The van der Waals surface area contributed by atoms with Gasteiger partial charge in [-0.25, -0.2) is 9.97 Å². The second-order valence-electron chi connectivity index (χ2n) is 3.09. The van der Waals surface area contributed by atoms with Gasteiger partial charge >= 0.3 is 0 Å². The van der Waals surface area contributed by atoms with Crippen LogP contribution in [0, 0.1) is 0 Å². The molecule has 0 aliphatic rings. The molecule has 2 heterocycles. The van der Waals surface area contributed by atoms with Crippen molar-refractivity contribution in [1.29, 1.82) is 0 Å². The molecule has 0 bridgehead atoms. The second kappa shape index (κ2) is 5.75. The zero-order chi connectivity index (χ0) is 12.1. The first-order valence-electron chi connectivity index (χ1n) is 4.78. The van der Waals surface area contributed by atoms with Crippen molar-refractivity contribution in [3.63, 3.8) is 0 Å². The van der Waals surface area contributed by atoms with Gasteiger partial charge in [-0.3, -0.25) is 5.43 Å². The van der Waals surface area contributed by atoms with E-state index in [1.807, 2.05) is 18.2 Å². The molecule has 0 aliphatic heterocycles. The topological polar surface area (TPSA) is 50.2 Å². The zero-order valence-corrected chi connectivity index (χ0v) is 11.0. The van der Waals surface area contributed by atoms with Crippen LogP contribution < -0.4 is 5.43 Å². The predicted octanol–water partition coefficient (Wildman–Crippen LogP) is 3.34. The minimum atomic E-state index is 0.514. The Morgan fingerprint density at radius 1 is 1.29 bits per heavy atom. The molecule has 2 rings (SSSR count). The number of halogens is 2. The lowest BCUT2D eigenvalue weighted by molar-refractivity contribution is 1.21. The Hall–Kier alpha value is -1.46. The van der Waals surface area contributed by atoms with Gasteiger partial charge in [-0.1, -0.05) is 17.7 Å². The molecule has 6 heteroatoms. The fourth-order valence-electron chi connectivity index (χ4n) is 1.12. The summed E-state index contributed by atoms with van der Waals surface area (Å²) in [6.45, 7) is 0. The van der Waals surface area contributed by atoms with Crippen LogP contribution in [0.2, 0.25) is 5.02 Å². The third kappa shape index (κ3) is 3.51. The Bertz CT molecular complexity index is 544. The number of anilines is 1. The van der Waals surface area contributed by atoms with Gasteiger partial charge < -0.3 is 0 Å². The average molecular weight is 312 g/mol. The van der Waals surface area contributed by atoms with E-state index in [-0.39, 0.29) is 0 Å². The van der Waals surface area contributed by atoms with E-state index >= 15 is 0 Å². The van der Waals surface area contributed by atoms with Crippen LogP contribution in [0.1, 0.15) is 5.69 Å². The summed E-state index contributed by atoms with van der Waals surface area (Å²) in [5, 5.41) is 4.53. The third-order valence-corrected chi connectivity index (χ3v) is 2.61. The number of hydrogen-bond donors (Lipinski definition) is 1. The maximum Gasteiger partial charge on any atom is 0.165 e. The van der Waals surface area contributed by atoms with Gasteiger partial charge in [0.25, 0.3) is 0 Å². The molecule has 86 valence electrons. The summed E-state index contributed by atoms with van der Waals surface area (Å²) >= 11 is 9.19. The van der Waals surface area contributed by atoms with E-state index in [0.29, 0.717) is 10.8 Å². The molecule has 0 aliphatic carbocycles. The largest absolute Gasteiger partial charge is 0.260 e. The zero-order valence-electron chi connectivity index (χ0n) is 8.64. The first-order chi connectivity index (χ1) is 8.25. The SMILES string of the molecule is Clc1cccnc1NN=Cc1cccc(Br)n1. The summed E-state index contributed by atoms with van der Waals surface area (Å²) in [6, 6.07) is 9.07. The number of nitrogens with one attached hydrogen (secondary N) is 1. The number of hydrazone groups is 1. The van der Waals surface area contributed by atoms with Crippen molar-refractivity contribution in [3.05, 3.63) is 51.8 Å². The van der Waals surface area contributed by atoms with E-state index in [2.05, 4.69) is 36.4 Å². The van der Waals surface area contributed by atoms with Crippen molar-refractivity contribution in [1.82, 2.24) is 9.97 Å². The molecule has 4 nitrogen and oxygen atoms in total. The van der Waals surface area contributed by atoms with E-state index in [4.69, 9.17) is 11.6 Å². The second-order valence-corrected chi connectivity index (χ2v) is 4.31. The lowest BCUT2D eigenvalue weighted by Gasteiger charge is -2.00. The summed E-state index contributed by atoms with van der Waals surface area (Å²) in [4.78, 5) is 8.24. The standard InChI is InChI=1S/C11H8BrClN4/c12-10-5-1-3-8(16-10)7-15-17-11-9(13)4-2-6-14-11/h1-7H,(H,14,17). The molecule has 0 saturated heterocycles. The van der Waals surface area contributed by atoms with Crippen molar-refractivity contribution in [2.24, 2.45) is 5.10 Å². The highest BCUT2D eigenvalue weighted by Crippen LogP contribution is 2.16. The van der Waals surface area contributed by atoms with Crippen LogP contribution in [0.5, 0.6) is 0 Å². The molecule has 0 amide bonds. The van der Waals surface area contributed by atoms with E-state index < -0.39 is 0 Å². The minimum Gasteiger partial charge on any atom is -0.260 e. The molecule has 0 fully saturated rings. The van der Waals surface area contributed by atoms with Crippen LogP contribution in [0.3, 0.4) is 0 Å². The Morgan fingerprint density at radius 3 is 2.94 bits per heavy atom. The van der Waals surface area contributed by atoms with Crippen molar-refractivity contribution in [3.8, 4) is 0 Å². The van der Waals surface area contributed by atoms with Crippen molar-refractivity contribution >= 4 is 39.6 Å². The molecule has 0 radical (unpaired) electrons. The number of nitrogens with zero attached hydrogens (tertiary/aromatic N) is 3. The van der Waals surface area contributed by atoms with Crippen molar-refractivity contribution in [2.45, 2.75) is 0 Å². The van der Waals surface area contributed by atoms with Crippen LogP contribution in [0.15, 0.2) is 46.2 Å². The summed E-state index contributed by atoms with van der Waals surface area (Å²) in [5.74, 6) is 0.514. The van der Waals surface area contributed by atoms with E-state index in [0.717, 1.165) is 10.3 Å². The molecule has 1 N–H and O–H groups in total. The first kappa shape index (κ1) is 12.0. The summed E-state index contributed by atoms with van der Waals surface area (Å²) in [5.41, 5.74) is 3.49. The highest BCUT2D eigenvalue weighted by Gasteiger charge is 1.97. The molecule has 0 atom stereocenters. The monoisotopic (exact) mass is 310 g/mol. The first-order valence-corrected chi connectivity index (χ1v) is 5.95. The van der Waals surface area contributed by atoms with Gasteiger partial charge in [-0.05, 0) is 40.2 Å².